The molecule has 0 saturated carbocycles. The molecule has 2 N–H and O–H groups in total. The van der Waals surface area contributed by atoms with Crippen LogP contribution >= 0.6 is 0 Å². The first kappa shape index (κ1) is 35.6. The molecule has 53 heavy (non-hydrogen) atoms. The molecule has 5 heterocycles. The van der Waals surface area contributed by atoms with Crippen LogP contribution in [0.3, 0.4) is 0 Å². The second kappa shape index (κ2) is 15.9. The quantitative estimate of drug-likeness (QED) is 0.119. The predicted molar refractivity (Wildman–Crippen MR) is 235 cm³/mol. The third-order valence-electron chi connectivity index (χ3n) is 9.36. The van der Waals surface area contributed by atoms with E-state index in [0.29, 0.717) is 0 Å². The minimum atomic E-state index is 0. The Balaban J connectivity index is 0.000000129. The Hall–Kier alpha value is -5.76. The van der Waals surface area contributed by atoms with E-state index in [4.69, 9.17) is 0 Å². The van der Waals surface area contributed by atoms with Crippen LogP contribution in [0.1, 0.15) is 33.9 Å². The summed E-state index contributed by atoms with van der Waals surface area (Å²) in [6.07, 6.45) is 9.19. The molecule has 256 valence electrons. The Morgan fingerprint density at radius 1 is 0.358 bits per heavy atom. The van der Waals surface area contributed by atoms with Crippen molar-refractivity contribution in [2.45, 2.75) is 6.42 Å². The molecule has 0 spiro atoms. The van der Waals surface area contributed by atoms with Crippen molar-refractivity contribution >= 4 is 103 Å². The van der Waals surface area contributed by atoms with Gasteiger partial charge in [-0.1, -0.05) is 97.1 Å². The average Bonchev–Trinajstić information content (AvgIpc) is 4.02. The molecule has 3 aromatic heterocycles. The zero-order chi connectivity index (χ0) is 34.0. The Morgan fingerprint density at radius 2 is 0.660 bits per heavy atom. The Bertz CT molecular complexity index is 2490. The minimum absolute atomic E-state index is 0. The van der Waals surface area contributed by atoms with Gasteiger partial charge in [0.05, 0.1) is 22.8 Å². The van der Waals surface area contributed by atoms with E-state index < -0.39 is 0 Å². The molecule has 0 fully saturated rings. The number of hydrogen-bond acceptors (Lipinski definition) is 2. The molecule has 0 amide bonds. The first-order valence-electron chi connectivity index (χ1n) is 17.3. The number of nitrogens with one attached hydrogen (secondary N) is 2. The van der Waals surface area contributed by atoms with Crippen LogP contribution < -0.4 is 0 Å². The largest absolute Gasteiger partial charge is 0.0619 e. The molecule has 5 aromatic carbocycles. The maximum Gasteiger partial charge on any atom is -0.00135 e. The van der Waals surface area contributed by atoms with Gasteiger partial charge in [-0.2, -0.15) is 0 Å². The maximum atomic E-state index is 4.63. The molecule has 3 aliphatic rings. The maximum absolute atomic E-state index is 4.63. The molecule has 4 nitrogen and oxygen atoms in total. The van der Waals surface area contributed by atoms with Crippen LogP contribution in [0.2, 0.25) is 0 Å². The van der Waals surface area contributed by atoms with E-state index in [1.165, 1.54) is 43.8 Å². The summed E-state index contributed by atoms with van der Waals surface area (Å²) in [4.78, 5) is 16.0. The number of aromatic amines is 2. The Kier molecular flexibility index (Phi) is 10.7. The SMILES string of the molecule is C1=Cc2cc3ccc(cc4nc(cc5ccc(cc1n2)[nH]5)C=C4)[nH]3.[SiH4].[SnH2].c1ccc2c(c1)Cc1ccccc1-2.c1ccc2cc3ccccc3cc2c1. The number of fused-ring (bicyclic) bond motifs is 13. The summed E-state index contributed by atoms with van der Waals surface area (Å²) < 4.78 is 0. The molecule has 2 aliphatic heterocycles. The van der Waals surface area contributed by atoms with Crippen LogP contribution in [0.15, 0.2) is 158 Å². The first-order valence-corrected chi connectivity index (χ1v) is 17.3. The monoisotopic (exact) mass is 808 g/mol. The van der Waals surface area contributed by atoms with E-state index in [2.05, 4.69) is 153 Å². The van der Waals surface area contributed by atoms with Crippen molar-refractivity contribution in [2.75, 3.05) is 0 Å². The zero-order valence-corrected chi connectivity index (χ0v) is 32.7. The molecule has 11 rings (SSSR count). The minimum Gasteiger partial charge on any atom is -0.0619 e. The normalized spacial score (nSPS) is 11.6. The molecular weight excluding hydrogens is 767 g/mol. The topological polar surface area (TPSA) is 57.4 Å². The molecule has 0 atom stereocenters. The van der Waals surface area contributed by atoms with Crippen molar-refractivity contribution in [1.29, 1.82) is 0 Å². The molecule has 0 saturated heterocycles. The van der Waals surface area contributed by atoms with E-state index in [9.17, 15) is 0 Å². The van der Waals surface area contributed by atoms with Gasteiger partial charge >= 0.3 is 23.9 Å². The van der Waals surface area contributed by atoms with E-state index in [0.717, 1.165) is 51.3 Å². The van der Waals surface area contributed by atoms with Crippen molar-refractivity contribution in [3.8, 4) is 11.1 Å². The first-order chi connectivity index (χ1) is 25.2. The standard InChI is InChI=1S/C20H14N4.C14H10.C13H10.H4Si.Sn.2H/c1-2-14-10-16-5-6-18(23-16)12-20-8-7-19(24-20)11-17-4-3-15(22-17)9-13(1)21-14;1-2-6-12-10-14-8-4-3-7-13(14)9-11(12)5-1;1-3-7-12-10(5-1)9-11-6-2-4-8-13(11)12;;;;/h1-12,21,24H;1-10H;1-8H,9H2;1H4;;;. The van der Waals surface area contributed by atoms with Gasteiger partial charge in [0.1, 0.15) is 0 Å². The van der Waals surface area contributed by atoms with Crippen LogP contribution in [0.4, 0.5) is 0 Å². The average molecular weight is 808 g/mol. The van der Waals surface area contributed by atoms with Gasteiger partial charge in [0, 0.05) is 22.1 Å². The number of benzene rings is 5. The summed E-state index contributed by atoms with van der Waals surface area (Å²) in [5, 5.41) is 5.25. The second-order valence-electron chi connectivity index (χ2n) is 12.9. The van der Waals surface area contributed by atoms with Crippen molar-refractivity contribution < 1.29 is 0 Å². The van der Waals surface area contributed by atoms with Crippen molar-refractivity contribution in [3.05, 3.63) is 192 Å². The Morgan fingerprint density at radius 3 is 1.00 bits per heavy atom. The smallest absolute Gasteiger partial charge is 0.00135 e. The number of H-pyrrole nitrogens is 2. The van der Waals surface area contributed by atoms with Gasteiger partial charge in [0.2, 0.25) is 0 Å². The van der Waals surface area contributed by atoms with E-state index in [-0.39, 0.29) is 34.9 Å². The fourth-order valence-electron chi connectivity index (χ4n) is 6.91. The summed E-state index contributed by atoms with van der Waals surface area (Å²) in [6.45, 7) is 0. The molecule has 8 bridgehead atoms. The molecule has 6 heteroatoms. The van der Waals surface area contributed by atoms with Crippen molar-refractivity contribution in [2.24, 2.45) is 0 Å². The summed E-state index contributed by atoms with van der Waals surface area (Å²) in [5.74, 6) is 0. The van der Waals surface area contributed by atoms with E-state index in [1.807, 2.05) is 48.6 Å². The second-order valence-corrected chi connectivity index (χ2v) is 12.9. The summed E-state index contributed by atoms with van der Waals surface area (Å²) >= 11 is 0. The molecule has 1 aliphatic carbocycles. The zero-order valence-electron chi connectivity index (χ0n) is 28.6. The third-order valence-corrected chi connectivity index (χ3v) is 9.36. The van der Waals surface area contributed by atoms with Crippen LogP contribution in [0.5, 0.6) is 0 Å². The molecule has 2 radical (unpaired) electrons. The predicted octanol–water partition coefficient (Wildman–Crippen LogP) is 9.54. The van der Waals surface area contributed by atoms with Crippen LogP contribution in [-0.2, 0) is 6.42 Å². The van der Waals surface area contributed by atoms with Gasteiger partial charge in [-0.25, -0.2) is 9.97 Å². The molecular formula is C47H40N4SiSn. The van der Waals surface area contributed by atoms with Gasteiger partial charge < -0.3 is 9.97 Å². The van der Waals surface area contributed by atoms with Crippen LogP contribution in [0.25, 0.3) is 79.0 Å². The van der Waals surface area contributed by atoms with Crippen molar-refractivity contribution in [1.82, 2.24) is 19.9 Å². The van der Waals surface area contributed by atoms with Gasteiger partial charge in [0.25, 0.3) is 0 Å². The van der Waals surface area contributed by atoms with Gasteiger partial charge in [-0.3, -0.25) is 0 Å². The third kappa shape index (κ3) is 8.02. The summed E-state index contributed by atoms with van der Waals surface area (Å²) in [7, 11) is 0. The molecule has 8 aromatic rings. The summed E-state index contributed by atoms with van der Waals surface area (Å²) in [6, 6.07) is 55.1. The van der Waals surface area contributed by atoms with Gasteiger partial charge in [-0.05, 0) is 146 Å². The summed E-state index contributed by atoms with van der Waals surface area (Å²) in [5.41, 5.74) is 13.6. The van der Waals surface area contributed by atoms with Crippen LogP contribution in [-0.4, -0.2) is 54.8 Å². The fraction of sp³-hybridized carbons (Fsp3) is 0.0213. The van der Waals surface area contributed by atoms with Gasteiger partial charge in [-0.15, -0.1) is 0 Å². The number of aromatic nitrogens is 4. The number of rotatable bonds is 0. The number of hydrogen-bond donors (Lipinski definition) is 2. The molecule has 0 unspecified atom stereocenters. The van der Waals surface area contributed by atoms with E-state index >= 15 is 0 Å². The van der Waals surface area contributed by atoms with Crippen LogP contribution in [0, 0.1) is 0 Å². The van der Waals surface area contributed by atoms with Crippen molar-refractivity contribution in [3.63, 3.8) is 0 Å². The van der Waals surface area contributed by atoms with Gasteiger partial charge in [0.15, 0.2) is 0 Å². The number of nitrogens with zero attached hydrogens (tertiary/aromatic N) is 2. The fourth-order valence-corrected chi connectivity index (χ4v) is 6.91. The Labute approximate surface area is 330 Å². The van der Waals surface area contributed by atoms with E-state index in [1.54, 1.807) is 0 Å².